The van der Waals surface area contributed by atoms with Crippen LogP contribution < -0.4 is 5.32 Å². The minimum atomic E-state index is 0. The van der Waals surface area contributed by atoms with Crippen LogP contribution in [0.15, 0.2) is 24.3 Å². The molecule has 1 aliphatic heterocycles. The van der Waals surface area contributed by atoms with E-state index < -0.39 is 0 Å². The standard InChI is InChI=1S/C14H20N2O.ClH/c1-2-12-3-5-13(6-4-12)11-14(17)16-9-7-15-8-10-16;/h3-6,15H,2,7-11H2,1H3;1H. The number of amides is 1. The molecule has 1 amide bonds. The van der Waals surface area contributed by atoms with Crippen LogP contribution in [0.25, 0.3) is 0 Å². The number of halogens is 1. The lowest BCUT2D eigenvalue weighted by Gasteiger charge is -2.27. The molecule has 1 heterocycles. The number of rotatable bonds is 3. The second-order valence-corrected chi connectivity index (χ2v) is 4.48. The number of aryl methyl sites for hydroxylation is 1. The molecule has 0 bridgehead atoms. The first-order chi connectivity index (χ1) is 8.29. The van der Waals surface area contributed by atoms with Gasteiger partial charge in [-0.15, -0.1) is 12.4 Å². The fraction of sp³-hybridized carbons (Fsp3) is 0.500. The summed E-state index contributed by atoms with van der Waals surface area (Å²) in [6.07, 6.45) is 1.58. The van der Waals surface area contributed by atoms with Crippen LogP contribution in [0.1, 0.15) is 18.1 Å². The van der Waals surface area contributed by atoms with Crippen LogP contribution in [0.5, 0.6) is 0 Å². The van der Waals surface area contributed by atoms with Gasteiger partial charge in [-0.05, 0) is 17.5 Å². The summed E-state index contributed by atoms with van der Waals surface area (Å²) in [6, 6.07) is 8.36. The lowest BCUT2D eigenvalue weighted by molar-refractivity contribution is -0.131. The number of nitrogens with zero attached hydrogens (tertiary/aromatic N) is 1. The van der Waals surface area contributed by atoms with E-state index >= 15 is 0 Å². The molecule has 1 aromatic rings. The Balaban J connectivity index is 0.00000162. The van der Waals surface area contributed by atoms with Gasteiger partial charge in [0.2, 0.25) is 5.91 Å². The molecule has 0 saturated carbocycles. The highest BCUT2D eigenvalue weighted by molar-refractivity contribution is 5.85. The van der Waals surface area contributed by atoms with E-state index in [4.69, 9.17) is 0 Å². The fourth-order valence-electron chi connectivity index (χ4n) is 2.09. The third-order valence-corrected chi connectivity index (χ3v) is 3.26. The van der Waals surface area contributed by atoms with Gasteiger partial charge in [0.25, 0.3) is 0 Å². The molecule has 0 aliphatic carbocycles. The van der Waals surface area contributed by atoms with Gasteiger partial charge in [-0.1, -0.05) is 31.2 Å². The SMILES string of the molecule is CCc1ccc(CC(=O)N2CCNCC2)cc1.Cl. The molecule has 1 aromatic carbocycles. The summed E-state index contributed by atoms with van der Waals surface area (Å²) < 4.78 is 0. The molecule has 1 fully saturated rings. The van der Waals surface area contributed by atoms with Gasteiger partial charge >= 0.3 is 0 Å². The van der Waals surface area contributed by atoms with Crippen molar-refractivity contribution in [2.45, 2.75) is 19.8 Å². The number of benzene rings is 1. The van der Waals surface area contributed by atoms with Crippen molar-refractivity contribution >= 4 is 18.3 Å². The number of nitrogens with one attached hydrogen (secondary N) is 1. The van der Waals surface area contributed by atoms with E-state index in [9.17, 15) is 4.79 Å². The van der Waals surface area contributed by atoms with E-state index in [2.05, 4.69) is 36.5 Å². The van der Waals surface area contributed by atoms with Gasteiger partial charge in [0.1, 0.15) is 0 Å². The Bertz CT molecular complexity index is 372. The molecular weight excluding hydrogens is 248 g/mol. The third kappa shape index (κ3) is 4.00. The van der Waals surface area contributed by atoms with E-state index in [1.165, 1.54) is 5.56 Å². The van der Waals surface area contributed by atoms with Crippen LogP contribution in [-0.2, 0) is 17.6 Å². The Morgan fingerprint density at radius 1 is 1.17 bits per heavy atom. The molecule has 0 aromatic heterocycles. The first-order valence-corrected chi connectivity index (χ1v) is 6.36. The van der Waals surface area contributed by atoms with Crippen molar-refractivity contribution in [3.8, 4) is 0 Å². The maximum absolute atomic E-state index is 12.0. The van der Waals surface area contributed by atoms with Gasteiger partial charge in [0.05, 0.1) is 6.42 Å². The normalized spacial score (nSPS) is 15.1. The minimum Gasteiger partial charge on any atom is -0.340 e. The Labute approximate surface area is 115 Å². The summed E-state index contributed by atoms with van der Waals surface area (Å²) in [5.74, 6) is 0.246. The Hall–Kier alpha value is -1.06. The quantitative estimate of drug-likeness (QED) is 0.904. The summed E-state index contributed by atoms with van der Waals surface area (Å²) in [4.78, 5) is 14.0. The van der Waals surface area contributed by atoms with Crippen LogP contribution in [-0.4, -0.2) is 37.0 Å². The maximum Gasteiger partial charge on any atom is 0.227 e. The summed E-state index contributed by atoms with van der Waals surface area (Å²) in [5, 5.41) is 3.25. The Morgan fingerprint density at radius 3 is 2.28 bits per heavy atom. The Kier molecular flexibility index (Phi) is 6.16. The van der Waals surface area contributed by atoms with Gasteiger partial charge in [-0.25, -0.2) is 0 Å². The highest BCUT2D eigenvalue weighted by atomic mass is 35.5. The third-order valence-electron chi connectivity index (χ3n) is 3.26. The van der Waals surface area contributed by atoms with Crippen LogP contribution in [0.4, 0.5) is 0 Å². The van der Waals surface area contributed by atoms with Gasteiger partial charge in [-0.3, -0.25) is 4.79 Å². The summed E-state index contributed by atoms with van der Waals surface area (Å²) in [5.41, 5.74) is 2.44. The van der Waals surface area contributed by atoms with E-state index in [1.807, 2.05) is 4.90 Å². The molecule has 1 N–H and O–H groups in total. The average Bonchev–Trinajstić information content (AvgIpc) is 2.40. The Morgan fingerprint density at radius 2 is 1.72 bits per heavy atom. The first-order valence-electron chi connectivity index (χ1n) is 6.36. The molecule has 3 nitrogen and oxygen atoms in total. The van der Waals surface area contributed by atoms with Crippen molar-refractivity contribution < 1.29 is 4.79 Å². The van der Waals surface area contributed by atoms with Crippen molar-refractivity contribution in [3.05, 3.63) is 35.4 Å². The molecule has 1 aliphatic rings. The topological polar surface area (TPSA) is 32.3 Å². The van der Waals surface area contributed by atoms with Crippen LogP contribution in [0, 0.1) is 0 Å². The van der Waals surface area contributed by atoms with Crippen molar-refractivity contribution in [1.82, 2.24) is 10.2 Å². The second-order valence-electron chi connectivity index (χ2n) is 4.48. The predicted octanol–water partition coefficient (Wildman–Crippen LogP) is 1.65. The number of hydrogen-bond donors (Lipinski definition) is 1. The van der Waals surface area contributed by atoms with Crippen LogP contribution in [0.2, 0.25) is 0 Å². The average molecular weight is 269 g/mol. The molecule has 2 rings (SSSR count). The fourth-order valence-corrected chi connectivity index (χ4v) is 2.09. The molecule has 0 unspecified atom stereocenters. The smallest absolute Gasteiger partial charge is 0.227 e. The zero-order chi connectivity index (χ0) is 12.1. The van der Waals surface area contributed by atoms with Gasteiger partial charge in [-0.2, -0.15) is 0 Å². The maximum atomic E-state index is 12.0. The summed E-state index contributed by atoms with van der Waals surface area (Å²) in [7, 11) is 0. The van der Waals surface area contributed by atoms with Gasteiger partial charge in [0, 0.05) is 26.2 Å². The first kappa shape index (κ1) is 15.0. The van der Waals surface area contributed by atoms with Gasteiger partial charge < -0.3 is 10.2 Å². The number of carbonyl (C=O) groups excluding carboxylic acids is 1. The molecule has 1 saturated heterocycles. The van der Waals surface area contributed by atoms with Crippen molar-refractivity contribution in [1.29, 1.82) is 0 Å². The molecule has 4 heteroatoms. The molecule has 0 radical (unpaired) electrons. The lowest BCUT2D eigenvalue weighted by atomic mass is 10.1. The number of hydrogen-bond acceptors (Lipinski definition) is 2. The van der Waals surface area contributed by atoms with E-state index in [0.29, 0.717) is 6.42 Å². The lowest BCUT2D eigenvalue weighted by Crippen LogP contribution is -2.46. The van der Waals surface area contributed by atoms with Gasteiger partial charge in [0.15, 0.2) is 0 Å². The number of piperazine rings is 1. The zero-order valence-electron chi connectivity index (χ0n) is 10.8. The minimum absolute atomic E-state index is 0. The number of carbonyl (C=O) groups is 1. The second kappa shape index (κ2) is 7.39. The molecule has 0 atom stereocenters. The molecule has 18 heavy (non-hydrogen) atoms. The molecular formula is C14H21ClN2O. The largest absolute Gasteiger partial charge is 0.340 e. The van der Waals surface area contributed by atoms with E-state index in [-0.39, 0.29) is 18.3 Å². The monoisotopic (exact) mass is 268 g/mol. The van der Waals surface area contributed by atoms with Crippen molar-refractivity contribution in [3.63, 3.8) is 0 Å². The van der Waals surface area contributed by atoms with Crippen LogP contribution >= 0.6 is 12.4 Å². The summed E-state index contributed by atoms with van der Waals surface area (Å²) in [6.45, 7) is 5.65. The predicted molar refractivity (Wildman–Crippen MR) is 76.2 cm³/mol. The zero-order valence-corrected chi connectivity index (χ0v) is 11.6. The summed E-state index contributed by atoms with van der Waals surface area (Å²) >= 11 is 0. The highest BCUT2D eigenvalue weighted by Gasteiger charge is 2.15. The van der Waals surface area contributed by atoms with E-state index in [1.54, 1.807) is 0 Å². The van der Waals surface area contributed by atoms with Crippen molar-refractivity contribution in [2.24, 2.45) is 0 Å². The molecule has 100 valence electrons. The van der Waals surface area contributed by atoms with Crippen LogP contribution in [0.3, 0.4) is 0 Å². The van der Waals surface area contributed by atoms with Crippen molar-refractivity contribution in [2.75, 3.05) is 26.2 Å². The highest BCUT2D eigenvalue weighted by Crippen LogP contribution is 2.07. The molecule has 0 spiro atoms. The van der Waals surface area contributed by atoms with E-state index in [0.717, 1.165) is 38.2 Å².